The standard InChI is InChI=1S/C18H17N2O2PS.C2H6/c1-12-13(2)22-19-18(12)20(23)24-17-6-4-3-5-16(17)15-9-7-14(11-21)8-10-15;1-2/h3-11H,23H2,1-2H3;1-2H3. The molecule has 0 bridgehead atoms. The minimum absolute atomic E-state index is 0.672. The third kappa shape index (κ3) is 4.54. The zero-order valence-electron chi connectivity index (χ0n) is 15.4. The minimum Gasteiger partial charge on any atom is -0.359 e. The lowest BCUT2D eigenvalue weighted by atomic mass is 10.0. The van der Waals surface area contributed by atoms with Crippen LogP contribution in [-0.4, -0.2) is 11.4 Å². The van der Waals surface area contributed by atoms with Crippen LogP contribution in [0.2, 0.25) is 0 Å². The molecule has 0 aliphatic rings. The van der Waals surface area contributed by atoms with Crippen molar-refractivity contribution >= 4 is 33.4 Å². The summed E-state index contributed by atoms with van der Waals surface area (Å²) in [6.07, 6.45) is 0.852. The predicted molar refractivity (Wildman–Crippen MR) is 113 cm³/mol. The lowest BCUT2D eigenvalue weighted by Gasteiger charge is -2.17. The van der Waals surface area contributed by atoms with Gasteiger partial charge in [-0.15, -0.1) is 0 Å². The fraction of sp³-hybridized carbons (Fsp3) is 0.200. The van der Waals surface area contributed by atoms with Gasteiger partial charge in [-0.05, 0) is 52.4 Å². The van der Waals surface area contributed by atoms with E-state index in [1.165, 1.54) is 0 Å². The molecule has 1 aromatic heterocycles. The lowest BCUT2D eigenvalue weighted by molar-refractivity contribution is 0.112. The van der Waals surface area contributed by atoms with E-state index < -0.39 is 0 Å². The van der Waals surface area contributed by atoms with E-state index in [4.69, 9.17) is 4.52 Å². The second kappa shape index (κ2) is 9.56. The first-order chi connectivity index (χ1) is 12.6. The van der Waals surface area contributed by atoms with Crippen molar-refractivity contribution in [1.82, 2.24) is 5.16 Å². The minimum atomic E-state index is 0.672. The van der Waals surface area contributed by atoms with Crippen molar-refractivity contribution in [2.75, 3.05) is 4.08 Å². The van der Waals surface area contributed by atoms with Gasteiger partial charge >= 0.3 is 0 Å². The first kappa shape index (κ1) is 20.2. The van der Waals surface area contributed by atoms with Crippen molar-refractivity contribution < 1.29 is 9.32 Å². The van der Waals surface area contributed by atoms with E-state index in [1.807, 2.05) is 68.2 Å². The maximum atomic E-state index is 10.8. The van der Waals surface area contributed by atoms with Crippen molar-refractivity contribution in [3.05, 3.63) is 65.4 Å². The molecule has 0 radical (unpaired) electrons. The van der Waals surface area contributed by atoms with Gasteiger partial charge in [0, 0.05) is 16.0 Å². The number of carbonyl (C=O) groups is 1. The van der Waals surface area contributed by atoms with E-state index in [9.17, 15) is 4.79 Å². The Hall–Kier alpha value is -2.10. The Morgan fingerprint density at radius 1 is 1.08 bits per heavy atom. The van der Waals surface area contributed by atoms with E-state index in [-0.39, 0.29) is 0 Å². The van der Waals surface area contributed by atoms with E-state index in [0.29, 0.717) is 5.56 Å². The number of nitrogens with zero attached hydrogens (tertiary/aromatic N) is 2. The highest BCUT2D eigenvalue weighted by molar-refractivity contribution is 8.04. The number of hydrogen-bond donors (Lipinski definition) is 0. The maximum absolute atomic E-state index is 10.8. The highest BCUT2D eigenvalue weighted by Gasteiger charge is 2.16. The monoisotopic (exact) mass is 386 g/mol. The highest BCUT2D eigenvalue weighted by Crippen LogP contribution is 2.39. The SMILES string of the molecule is CC.Cc1onc(N(P)Sc2ccccc2-c2ccc(C=O)cc2)c1C. The summed E-state index contributed by atoms with van der Waals surface area (Å²) in [6, 6.07) is 15.7. The zero-order chi connectivity index (χ0) is 19.1. The molecule has 2 aromatic carbocycles. The maximum Gasteiger partial charge on any atom is 0.188 e. The molecule has 26 heavy (non-hydrogen) atoms. The molecule has 0 aliphatic heterocycles. The molecule has 0 fully saturated rings. The Bertz CT molecular complexity index is 863. The number of aryl methyl sites for hydroxylation is 1. The quantitative estimate of drug-likeness (QED) is 0.301. The van der Waals surface area contributed by atoms with E-state index in [2.05, 4.69) is 26.7 Å². The molecule has 1 heterocycles. The van der Waals surface area contributed by atoms with Crippen LogP contribution >= 0.6 is 21.3 Å². The van der Waals surface area contributed by atoms with Gasteiger partial charge in [-0.1, -0.05) is 61.5 Å². The van der Waals surface area contributed by atoms with Gasteiger partial charge in [0.25, 0.3) is 0 Å². The number of aldehydes is 1. The Balaban J connectivity index is 0.00000117. The molecular formula is C20H23N2O2PS. The van der Waals surface area contributed by atoms with Gasteiger partial charge in [0.15, 0.2) is 5.82 Å². The van der Waals surface area contributed by atoms with Gasteiger partial charge < -0.3 is 4.52 Å². The fourth-order valence-corrected chi connectivity index (χ4v) is 3.76. The van der Waals surface area contributed by atoms with Crippen LogP contribution in [0.3, 0.4) is 0 Å². The molecule has 0 spiro atoms. The fourth-order valence-electron chi connectivity index (χ4n) is 2.29. The number of anilines is 1. The van der Waals surface area contributed by atoms with Crippen LogP contribution in [-0.2, 0) is 0 Å². The molecular weight excluding hydrogens is 363 g/mol. The Labute approximate surface area is 161 Å². The number of rotatable bonds is 5. The molecule has 3 aromatic rings. The predicted octanol–water partition coefficient (Wildman–Crippen LogP) is 6.10. The van der Waals surface area contributed by atoms with Crippen molar-refractivity contribution in [2.24, 2.45) is 0 Å². The van der Waals surface area contributed by atoms with Crippen LogP contribution in [0.25, 0.3) is 11.1 Å². The Morgan fingerprint density at radius 2 is 1.73 bits per heavy atom. The number of benzene rings is 2. The van der Waals surface area contributed by atoms with E-state index >= 15 is 0 Å². The van der Waals surface area contributed by atoms with Crippen LogP contribution in [0.5, 0.6) is 0 Å². The van der Waals surface area contributed by atoms with Gasteiger partial charge in [0.1, 0.15) is 12.0 Å². The molecule has 0 saturated carbocycles. The van der Waals surface area contributed by atoms with Crippen molar-refractivity contribution in [3.63, 3.8) is 0 Å². The molecule has 3 rings (SSSR count). The molecule has 0 saturated heterocycles. The first-order valence-electron chi connectivity index (χ1n) is 8.40. The summed E-state index contributed by atoms with van der Waals surface area (Å²) in [5.41, 5.74) is 3.86. The summed E-state index contributed by atoms with van der Waals surface area (Å²) >= 11 is 1.56. The molecule has 0 aliphatic carbocycles. The average molecular weight is 386 g/mol. The van der Waals surface area contributed by atoms with Crippen LogP contribution < -0.4 is 4.08 Å². The number of carbonyl (C=O) groups excluding carboxylic acids is 1. The van der Waals surface area contributed by atoms with Crippen molar-refractivity contribution in [2.45, 2.75) is 32.6 Å². The third-order valence-electron chi connectivity index (χ3n) is 3.78. The third-order valence-corrected chi connectivity index (χ3v) is 5.27. The molecule has 6 heteroatoms. The van der Waals surface area contributed by atoms with Crippen LogP contribution in [0, 0.1) is 13.8 Å². The number of hydrogen-bond acceptors (Lipinski definition) is 5. The Morgan fingerprint density at radius 3 is 2.31 bits per heavy atom. The van der Waals surface area contributed by atoms with Gasteiger partial charge in [0.2, 0.25) is 0 Å². The normalized spacial score (nSPS) is 10.0. The Kier molecular flexibility index (Phi) is 7.43. The smallest absolute Gasteiger partial charge is 0.188 e. The summed E-state index contributed by atoms with van der Waals surface area (Å²) in [4.78, 5) is 11.9. The first-order valence-corrected chi connectivity index (χ1v) is 9.69. The van der Waals surface area contributed by atoms with Crippen molar-refractivity contribution in [1.29, 1.82) is 0 Å². The largest absolute Gasteiger partial charge is 0.359 e. The molecule has 1 unspecified atom stereocenters. The van der Waals surface area contributed by atoms with Crippen LogP contribution in [0.15, 0.2) is 57.9 Å². The summed E-state index contributed by atoms with van der Waals surface area (Å²) in [7, 11) is 2.67. The second-order valence-corrected chi connectivity index (χ2v) is 7.25. The topological polar surface area (TPSA) is 46.3 Å². The van der Waals surface area contributed by atoms with Gasteiger partial charge in [-0.2, -0.15) is 0 Å². The second-order valence-electron chi connectivity index (χ2n) is 5.34. The van der Waals surface area contributed by atoms with Crippen LogP contribution in [0.4, 0.5) is 5.82 Å². The highest BCUT2D eigenvalue weighted by atomic mass is 32.2. The summed E-state index contributed by atoms with van der Waals surface area (Å²) < 4.78 is 7.16. The zero-order valence-corrected chi connectivity index (χ0v) is 17.4. The molecule has 4 nitrogen and oxygen atoms in total. The van der Waals surface area contributed by atoms with Gasteiger partial charge in [-0.25, -0.2) is 0 Å². The van der Waals surface area contributed by atoms with E-state index in [1.54, 1.807) is 11.9 Å². The lowest BCUT2D eigenvalue weighted by Crippen LogP contribution is -2.00. The van der Waals surface area contributed by atoms with Crippen LogP contribution in [0.1, 0.15) is 35.5 Å². The summed E-state index contributed by atoms with van der Waals surface area (Å²) in [5.74, 6) is 1.60. The molecule has 0 amide bonds. The van der Waals surface area contributed by atoms with Gasteiger partial charge in [0.05, 0.1) is 0 Å². The average Bonchev–Trinajstić information content (AvgIpc) is 3.03. The van der Waals surface area contributed by atoms with E-state index in [0.717, 1.165) is 39.5 Å². The molecule has 136 valence electrons. The van der Waals surface area contributed by atoms with Crippen molar-refractivity contribution in [3.8, 4) is 11.1 Å². The summed E-state index contributed by atoms with van der Waals surface area (Å²) in [6.45, 7) is 7.89. The number of aromatic nitrogens is 1. The van der Waals surface area contributed by atoms with Gasteiger partial charge in [-0.3, -0.25) is 8.87 Å². The summed E-state index contributed by atoms with van der Waals surface area (Å²) in [5, 5.41) is 4.11. The molecule has 0 N–H and O–H groups in total. The molecule has 1 atom stereocenters.